The van der Waals surface area contributed by atoms with E-state index in [0.29, 0.717) is 33.7 Å². The van der Waals surface area contributed by atoms with Crippen LogP contribution in [0.5, 0.6) is 11.5 Å². The van der Waals surface area contributed by atoms with Crippen LogP contribution in [0.2, 0.25) is 0 Å². The van der Waals surface area contributed by atoms with Crippen molar-refractivity contribution >= 4 is 20.7 Å². The second kappa shape index (κ2) is 8.23. The Labute approximate surface area is 183 Å². The standard InChI is InChI=1S/C23H20F2N2O4S/c1-3-32(29,30)13-14-4-6-20(31-21-7-5-15(24)11-19(21)25)17(10-14)18-12-27(2)22-16(18)8-9-26-23(22)28/h4-12H,3,13H2,1-2H3,(H,26,28). The number of fused-ring (bicyclic) bond motifs is 1. The zero-order chi connectivity index (χ0) is 23.0. The molecule has 0 unspecified atom stereocenters. The lowest BCUT2D eigenvalue weighted by molar-refractivity contribution is 0.439. The van der Waals surface area contributed by atoms with Crippen molar-refractivity contribution in [2.45, 2.75) is 12.7 Å². The Morgan fingerprint density at radius 1 is 1.03 bits per heavy atom. The van der Waals surface area contributed by atoms with Crippen LogP contribution >= 0.6 is 0 Å². The van der Waals surface area contributed by atoms with Crippen LogP contribution in [0.3, 0.4) is 0 Å². The second-order valence-corrected chi connectivity index (χ2v) is 9.76. The zero-order valence-electron chi connectivity index (χ0n) is 17.4. The van der Waals surface area contributed by atoms with Gasteiger partial charge in [0.15, 0.2) is 21.4 Å². The van der Waals surface area contributed by atoms with Gasteiger partial charge in [-0.1, -0.05) is 13.0 Å². The van der Waals surface area contributed by atoms with E-state index >= 15 is 0 Å². The van der Waals surface area contributed by atoms with Gasteiger partial charge in [-0.15, -0.1) is 0 Å². The van der Waals surface area contributed by atoms with E-state index in [1.165, 1.54) is 12.3 Å². The number of hydrogen-bond acceptors (Lipinski definition) is 4. The molecule has 0 bridgehead atoms. The quantitative estimate of drug-likeness (QED) is 0.460. The van der Waals surface area contributed by atoms with Crippen LogP contribution in [0.15, 0.2) is 59.7 Å². The molecule has 2 aromatic heterocycles. The van der Waals surface area contributed by atoms with Gasteiger partial charge in [-0.3, -0.25) is 4.79 Å². The predicted molar refractivity (Wildman–Crippen MR) is 119 cm³/mol. The minimum Gasteiger partial charge on any atom is -0.454 e. The Bertz CT molecular complexity index is 1490. The average Bonchev–Trinajstić information content (AvgIpc) is 3.08. The van der Waals surface area contributed by atoms with E-state index in [0.717, 1.165) is 6.07 Å². The lowest BCUT2D eigenvalue weighted by Crippen LogP contribution is -2.07. The highest BCUT2D eigenvalue weighted by atomic mass is 32.2. The first kappa shape index (κ1) is 21.8. The van der Waals surface area contributed by atoms with E-state index in [-0.39, 0.29) is 28.6 Å². The maximum Gasteiger partial charge on any atom is 0.272 e. The summed E-state index contributed by atoms with van der Waals surface area (Å²) in [4.78, 5) is 14.9. The molecular weight excluding hydrogens is 438 g/mol. The van der Waals surface area contributed by atoms with E-state index in [2.05, 4.69) is 4.98 Å². The molecule has 32 heavy (non-hydrogen) atoms. The molecule has 4 aromatic rings. The number of ether oxygens (including phenoxy) is 1. The number of sulfone groups is 1. The maximum absolute atomic E-state index is 14.2. The summed E-state index contributed by atoms with van der Waals surface area (Å²) in [5.74, 6) is -1.73. The first-order chi connectivity index (χ1) is 15.2. The van der Waals surface area contributed by atoms with E-state index < -0.39 is 21.5 Å². The molecule has 0 saturated heterocycles. The summed E-state index contributed by atoms with van der Waals surface area (Å²) < 4.78 is 59.3. The van der Waals surface area contributed by atoms with Gasteiger partial charge in [-0.05, 0) is 35.9 Å². The van der Waals surface area contributed by atoms with Crippen molar-refractivity contribution in [3.63, 3.8) is 0 Å². The summed E-state index contributed by atoms with van der Waals surface area (Å²) in [6.07, 6.45) is 3.24. The molecule has 0 amide bonds. The number of aromatic nitrogens is 2. The molecule has 0 saturated carbocycles. The Morgan fingerprint density at radius 3 is 2.50 bits per heavy atom. The third-order valence-corrected chi connectivity index (χ3v) is 6.83. The van der Waals surface area contributed by atoms with Crippen molar-refractivity contribution in [3.05, 3.63) is 82.4 Å². The Balaban J connectivity index is 1.91. The summed E-state index contributed by atoms with van der Waals surface area (Å²) in [7, 11) is -1.59. The largest absolute Gasteiger partial charge is 0.454 e. The highest BCUT2D eigenvalue weighted by molar-refractivity contribution is 7.90. The highest BCUT2D eigenvalue weighted by Gasteiger charge is 2.19. The number of pyridine rings is 1. The van der Waals surface area contributed by atoms with Gasteiger partial charge >= 0.3 is 0 Å². The molecule has 0 aliphatic rings. The minimum atomic E-state index is -3.30. The van der Waals surface area contributed by atoms with Crippen LogP contribution in [0.25, 0.3) is 22.0 Å². The van der Waals surface area contributed by atoms with Gasteiger partial charge in [-0.25, -0.2) is 17.2 Å². The van der Waals surface area contributed by atoms with E-state index in [1.54, 1.807) is 49.0 Å². The topological polar surface area (TPSA) is 81.2 Å². The number of aromatic amines is 1. The van der Waals surface area contributed by atoms with Crippen molar-refractivity contribution in [2.24, 2.45) is 7.05 Å². The molecule has 0 aliphatic carbocycles. The fourth-order valence-corrected chi connectivity index (χ4v) is 4.47. The van der Waals surface area contributed by atoms with Crippen LogP contribution in [0.4, 0.5) is 8.78 Å². The van der Waals surface area contributed by atoms with Gasteiger partial charge in [0, 0.05) is 47.8 Å². The van der Waals surface area contributed by atoms with Crippen molar-refractivity contribution < 1.29 is 21.9 Å². The van der Waals surface area contributed by atoms with Gasteiger partial charge in [0.05, 0.1) is 5.75 Å². The fourth-order valence-electron chi connectivity index (χ4n) is 3.58. The first-order valence-corrected chi connectivity index (χ1v) is 11.6. The Hall–Kier alpha value is -3.46. The maximum atomic E-state index is 14.2. The number of halogens is 2. The molecule has 0 fully saturated rings. The van der Waals surface area contributed by atoms with Crippen LogP contribution in [0.1, 0.15) is 12.5 Å². The Morgan fingerprint density at radius 2 is 1.78 bits per heavy atom. The number of aryl methyl sites for hydroxylation is 1. The fraction of sp³-hybridized carbons (Fsp3) is 0.174. The number of rotatable bonds is 6. The molecule has 2 aromatic carbocycles. The van der Waals surface area contributed by atoms with E-state index in [1.807, 2.05) is 0 Å². The van der Waals surface area contributed by atoms with Gasteiger partial charge < -0.3 is 14.3 Å². The molecule has 0 aliphatic heterocycles. The third-order valence-electron chi connectivity index (χ3n) is 5.17. The molecule has 2 heterocycles. The van der Waals surface area contributed by atoms with Crippen molar-refractivity contribution in [3.8, 4) is 22.6 Å². The highest BCUT2D eigenvalue weighted by Crippen LogP contribution is 2.39. The summed E-state index contributed by atoms with van der Waals surface area (Å²) in [5.41, 5.74) is 1.76. The average molecular weight is 458 g/mol. The SMILES string of the molecule is CCS(=O)(=O)Cc1ccc(Oc2ccc(F)cc2F)c(-c2cn(C)c3c(=O)[nH]ccc23)c1. The van der Waals surface area contributed by atoms with E-state index in [9.17, 15) is 22.0 Å². The minimum absolute atomic E-state index is 0.00891. The molecule has 166 valence electrons. The monoisotopic (exact) mass is 458 g/mol. The number of benzene rings is 2. The Kier molecular flexibility index (Phi) is 5.60. The molecule has 6 nitrogen and oxygen atoms in total. The van der Waals surface area contributed by atoms with Crippen LogP contribution in [0, 0.1) is 11.6 Å². The first-order valence-electron chi connectivity index (χ1n) is 9.82. The van der Waals surface area contributed by atoms with Crippen LogP contribution < -0.4 is 10.3 Å². The summed E-state index contributed by atoms with van der Waals surface area (Å²) >= 11 is 0. The zero-order valence-corrected chi connectivity index (χ0v) is 18.2. The predicted octanol–water partition coefficient (Wildman–Crippen LogP) is 4.54. The van der Waals surface area contributed by atoms with Crippen LogP contribution in [-0.2, 0) is 22.6 Å². The van der Waals surface area contributed by atoms with Crippen molar-refractivity contribution in [2.75, 3.05) is 5.75 Å². The number of nitrogens with one attached hydrogen (secondary N) is 1. The van der Waals surface area contributed by atoms with Crippen molar-refractivity contribution in [1.29, 1.82) is 0 Å². The number of nitrogens with zero attached hydrogens (tertiary/aromatic N) is 1. The molecular formula is C23H20F2N2O4S. The van der Waals surface area contributed by atoms with E-state index in [4.69, 9.17) is 4.74 Å². The molecule has 1 N–H and O–H groups in total. The summed E-state index contributed by atoms with van der Waals surface area (Å²) in [6.45, 7) is 1.57. The molecule has 0 atom stereocenters. The molecule has 0 radical (unpaired) electrons. The number of hydrogen-bond donors (Lipinski definition) is 1. The van der Waals surface area contributed by atoms with Crippen LogP contribution in [-0.4, -0.2) is 23.7 Å². The molecule has 9 heteroatoms. The van der Waals surface area contributed by atoms with Gasteiger partial charge in [0.2, 0.25) is 0 Å². The lowest BCUT2D eigenvalue weighted by Gasteiger charge is -2.14. The van der Waals surface area contributed by atoms with Crippen molar-refractivity contribution in [1.82, 2.24) is 9.55 Å². The summed E-state index contributed by atoms with van der Waals surface area (Å²) in [5, 5.41) is 0.621. The summed E-state index contributed by atoms with van der Waals surface area (Å²) in [6, 6.07) is 9.49. The third kappa shape index (κ3) is 4.16. The normalized spacial score (nSPS) is 11.8. The second-order valence-electron chi connectivity index (χ2n) is 7.41. The van der Waals surface area contributed by atoms with Gasteiger partial charge in [0.1, 0.15) is 17.1 Å². The van der Waals surface area contributed by atoms with Gasteiger partial charge in [0.25, 0.3) is 5.56 Å². The molecule has 0 spiro atoms. The molecule has 4 rings (SSSR count). The van der Waals surface area contributed by atoms with Gasteiger partial charge in [-0.2, -0.15) is 0 Å². The number of H-pyrrole nitrogens is 1. The lowest BCUT2D eigenvalue weighted by atomic mass is 10.0. The smallest absolute Gasteiger partial charge is 0.272 e.